The molecule has 0 bridgehead atoms. The second-order valence-corrected chi connectivity index (χ2v) is 14.1. The maximum absolute atomic E-state index is 6.80. The molecule has 3 aliphatic heterocycles. The topological polar surface area (TPSA) is 31.8 Å². The van der Waals surface area contributed by atoms with Crippen LogP contribution in [0, 0.1) is 12.0 Å². The van der Waals surface area contributed by atoms with Crippen LogP contribution in [-0.2, 0) is 5.66 Å². The predicted molar refractivity (Wildman–Crippen MR) is 206 cm³/mol. The SMILES string of the molecule is C(#Cn1c2ccccc2c2ccccc21)c1ccc(-c2cn3[n+](c2)C24c5c(cccc5-3)Oc3ccc5c6ccccc6n(c5c32)-c2cccc[n+]24)cc1. The molecule has 0 saturated heterocycles. The molecule has 0 amide bonds. The van der Waals surface area contributed by atoms with E-state index in [-0.39, 0.29) is 0 Å². The zero-order valence-electron chi connectivity index (χ0n) is 28.2. The normalized spacial score (nSPS) is 15.6. The van der Waals surface area contributed by atoms with E-state index in [2.05, 4.69) is 199 Å². The quantitative estimate of drug-likeness (QED) is 0.126. The molecule has 53 heavy (non-hydrogen) atoms. The summed E-state index contributed by atoms with van der Waals surface area (Å²) in [5.74, 6) is 6.32. The fourth-order valence-electron chi connectivity index (χ4n) is 9.47. The molecule has 10 aromatic rings. The molecule has 244 valence electrons. The van der Waals surface area contributed by atoms with E-state index in [9.17, 15) is 0 Å². The number of benzene rings is 6. The van der Waals surface area contributed by atoms with Gasteiger partial charge in [-0.15, -0.1) is 4.68 Å². The van der Waals surface area contributed by atoms with Crippen molar-refractivity contribution in [3.63, 3.8) is 0 Å². The molecule has 6 heteroatoms. The zero-order valence-corrected chi connectivity index (χ0v) is 28.2. The lowest BCUT2D eigenvalue weighted by Gasteiger charge is -2.32. The number of ether oxygens (including phenoxy) is 1. The summed E-state index contributed by atoms with van der Waals surface area (Å²) in [4.78, 5) is 0. The fourth-order valence-corrected chi connectivity index (χ4v) is 9.47. The van der Waals surface area contributed by atoms with Gasteiger partial charge in [0.25, 0.3) is 5.82 Å². The van der Waals surface area contributed by atoms with Gasteiger partial charge in [0.1, 0.15) is 28.3 Å². The summed E-state index contributed by atoms with van der Waals surface area (Å²) in [7, 11) is 0. The van der Waals surface area contributed by atoms with Crippen molar-refractivity contribution in [3.05, 3.63) is 181 Å². The van der Waals surface area contributed by atoms with E-state index in [4.69, 9.17) is 4.74 Å². The zero-order chi connectivity index (χ0) is 34.4. The van der Waals surface area contributed by atoms with Crippen molar-refractivity contribution >= 4 is 43.6 Å². The Labute approximate surface area is 303 Å². The van der Waals surface area contributed by atoms with Crippen LogP contribution >= 0.6 is 0 Å². The lowest BCUT2D eigenvalue weighted by molar-refractivity contribution is -0.993. The van der Waals surface area contributed by atoms with Crippen LogP contribution in [0.2, 0.25) is 0 Å². The first-order valence-corrected chi connectivity index (χ1v) is 17.9. The van der Waals surface area contributed by atoms with Crippen LogP contribution < -0.4 is 14.0 Å². The third kappa shape index (κ3) is 3.23. The highest BCUT2D eigenvalue weighted by Gasteiger charge is 2.68. The molecule has 0 aliphatic carbocycles. The second kappa shape index (κ2) is 9.49. The van der Waals surface area contributed by atoms with Crippen LogP contribution in [0.5, 0.6) is 11.5 Å². The number of pyridine rings is 1. The summed E-state index contributed by atoms with van der Waals surface area (Å²) in [5.41, 5.74) is 10.5. The van der Waals surface area contributed by atoms with Gasteiger partial charge in [-0.3, -0.25) is 4.57 Å². The van der Waals surface area contributed by atoms with Crippen molar-refractivity contribution in [3.8, 4) is 46.1 Å². The molecule has 13 rings (SSSR count). The molecule has 7 heterocycles. The van der Waals surface area contributed by atoms with Crippen molar-refractivity contribution < 1.29 is 14.0 Å². The summed E-state index contributed by atoms with van der Waals surface area (Å²) in [5, 5.41) is 4.89. The summed E-state index contributed by atoms with van der Waals surface area (Å²) < 4.78 is 18.5. The molecule has 0 saturated carbocycles. The minimum atomic E-state index is -0.702. The van der Waals surface area contributed by atoms with Gasteiger partial charge in [0.05, 0.1) is 29.0 Å². The minimum Gasteiger partial charge on any atom is -0.456 e. The molecule has 3 aliphatic rings. The van der Waals surface area contributed by atoms with Crippen LogP contribution in [0.3, 0.4) is 0 Å². The lowest BCUT2D eigenvalue weighted by Crippen LogP contribution is -2.76. The Kier molecular flexibility index (Phi) is 4.90. The molecule has 1 spiro atoms. The van der Waals surface area contributed by atoms with E-state index >= 15 is 0 Å². The third-order valence-electron chi connectivity index (χ3n) is 11.6. The lowest BCUT2D eigenvalue weighted by atomic mass is 9.84. The fraction of sp³-hybridized carbons (Fsp3) is 0.0213. The molecular formula is C47H27N5O+2. The Balaban J connectivity index is 1.01. The van der Waals surface area contributed by atoms with E-state index in [1.807, 2.05) is 0 Å². The Morgan fingerprint density at radius 3 is 2.06 bits per heavy atom. The van der Waals surface area contributed by atoms with Crippen molar-refractivity contribution in [2.75, 3.05) is 0 Å². The van der Waals surface area contributed by atoms with Crippen molar-refractivity contribution in [2.24, 2.45) is 0 Å². The van der Waals surface area contributed by atoms with E-state index in [1.165, 1.54) is 32.6 Å². The van der Waals surface area contributed by atoms with Gasteiger partial charge < -0.3 is 4.74 Å². The average Bonchev–Trinajstić information content (AvgIpc) is 3.96. The number of rotatable bonds is 1. The monoisotopic (exact) mass is 677 g/mol. The number of aromatic nitrogens is 5. The Morgan fingerprint density at radius 1 is 0.566 bits per heavy atom. The number of para-hydroxylation sites is 3. The largest absolute Gasteiger partial charge is 0.456 e. The molecule has 6 nitrogen and oxygen atoms in total. The van der Waals surface area contributed by atoms with Crippen LogP contribution in [0.15, 0.2) is 164 Å². The van der Waals surface area contributed by atoms with Crippen molar-refractivity contribution in [2.45, 2.75) is 5.66 Å². The maximum Gasteiger partial charge on any atom is 0.397 e. The van der Waals surface area contributed by atoms with E-state index in [0.717, 1.165) is 61.9 Å². The number of nitrogens with zero attached hydrogens (tertiary/aromatic N) is 5. The van der Waals surface area contributed by atoms with Crippen LogP contribution in [0.4, 0.5) is 0 Å². The van der Waals surface area contributed by atoms with Gasteiger partial charge in [0.15, 0.2) is 11.1 Å². The highest BCUT2D eigenvalue weighted by molar-refractivity contribution is 6.11. The van der Waals surface area contributed by atoms with Crippen LogP contribution in [0.1, 0.15) is 16.7 Å². The van der Waals surface area contributed by atoms with Gasteiger partial charge in [0.2, 0.25) is 6.20 Å². The van der Waals surface area contributed by atoms with Gasteiger partial charge in [-0.25, -0.2) is 0 Å². The van der Waals surface area contributed by atoms with Crippen molar-refractivity contribution in [1.29, 1.82) is 0 Å². The predicted octanol–water partition coefficient (Wildman–Crippen LogP) is 8.81. The second-order valence-electron chi connectivity index (χ2n) is 14.1. The number of fused-ring (bicyclic) bond motifs is 10. The molecule has 4 aromatic heterocycles. The molecule has 0 N–H and O–H groups in total. The molecule has 1 atom stereocenters. The first kappa shape index (κ1) is 27.4. The van der Waals surface area contributed by atoms with Crippen LogP contribution in [-0.4, -0.2) is 13.8 Å². The first-order chi connectivity index (χ1) is 26.3. The Morgan fingerprint density at radius 2 is 1.26 bits per heavy atom. The third-order valence-corrected chi connectivity index (χ3v) is 11.6. The molecular weight excluding hydrogens is 651 g/mol. The molecule has 6 aromatic carbocycles. The summed E-state index contributed by atoms with van der Waals surface area (Å²) in [6.07, 6.45) is 6.79. The van der Waals surface area contributed by atoms with Gasteiger partial charge in [-0.2, -0.15) is 9.13 Å². The highest BCUT2D eigenvalue weighted by atomic mass is 16.5. The van der Waals surface area contributed by atoms with E-state index in [0.29, 0.717) is 0 Å². The van der Waals surface area contributed by atoms with Crippen LogP contribution in [0.25, 0.3) is 66.2 Å². The summed E-state index contributed by atoms with van der Waals surface area (Å²) in [6, 6.07) is 55.1. The summed E-state index contributed by atoms with van der Waals surface area (Å²) in [6.45, 7) is 0. The van der Waals surface area contributed by atoms with Gasteiger partial charge >= 0.3 is 5.66 Å². The first-order valence-electron chi connectivity index (χ1n) is 17.9. The van der Waals surface area contributed by atoms with Gasteiger partial charge in [-0.1, -0.05) is 77.5 Å². The van der Waals surface area contributed by atoms with E-state index < -0.39 is 5.66 Å². The molecule has 1 unspecified atom stereocenters. The number of hydrogen-bond donors (Lipinski definition) is 0. The smallest absolute Gasteiger partial charge is 0.397 e. The number of hydrogen-bond acceptors (Lipinski definition) is 1. The van der Waals surface area contributed by atoms with E-state index in [1.54, 1.807) is 0 Å². The molecule has 0 fully saturated rings. The maximum atomic E-state index is 6.80. The molecule has 0 radical (unpaired) electrons. The Hall–Kier alpha value is -7.36. The van der Waals surface area contributed by atoms with Gasteiger partial charge in [-0.05, 0) is 78.2 Å². The minimum absolute atomic E-state index is 0.702. The van der Waals surface area contributed by atoms with Crippen molar-refractivity contribution in [1.82, 2.24) is 13.8 Å². The highest BCUT2D eigenvalue weighted by Crippen LogP contribution is 2.55. The Bertz CT molecular complexity index is 3280. The van der Waals surface area contributed by atoms with Gasteiger partial charge in [0, 0.05) is 39.2 Å². The average molecular weight is 678 g/mol. The summed E-state index contributed by atoms with van der Waals surface area (Å²) >= 11 is 0. The standard InChI is InChI=1S/C47H27N5O/c1-4-13-37-33(10-1)34-11-2-5-14-38(34)48(37)27-25-30-19-21-31(22-20-30)32-28-50-40-16-9-17-41-44(40)47(51(50)29-32)45-42(53-41)24-23-36-35-12-3-6-15-39(35)52(46(36)45)43-18-7-8-26-49(43)47/h1-24,26,28-29H/q+2.